The Kier molecular flexibility index (Phi) is 3.96. The van der Waals surface area contributed by atoms with Gasteiger partial charge in [0.25, 0.3) is 0 Å². The quantitative estimate of drug-likeness (QED) is 0.543. The van der Waals surface area contributed by atoms with Crippen molar-refractivity contribution in [3.8, 4) is 0 Å². The van der Waals surface area contributed by atoms with Crippen molar-refractivity contribution in [2.24, 2.45) is 21.5 Å². The van der Waals surface area contributed by atoms with Crippen LogP contribution in [0.25, 0.3) is 0 Å². The summed E-state index contributed by atoms with van der Waals surface area (Å²) in [6.07, 6.45) is 4.28. The molecule has 0 amide bonds. The van der Waals surface area contributed by atoms with Crippen LogP contribution in [0.15, 0.2) is 22.1 Å². The molecule has 1 aromatic rings. The molecule has 0 aromatic heterocycles. The van der Waals surface area contributed by atoms with Crippen molar-refractivity contribution in [2.45, 2.75) is 37.8 Å². The van der Waals surface area contributed by atoms with Gasteiger partial charge in [0.2, 0.25) is 11.9 Å². The first-order valence-electron chi connectivity index (χ1n) is 7.08. The van der Waals surface area contributed by atoms with E-state index in [2.05, 4.69) is 9.98 Å². The monoisotopic (exact) mass is 419 g/mol. The average molecular weight is 419 g/mol. The molecule has 1 saturated carbocycles. The second-order valence-electron chi connectivity index (χ2n) is 5.51. The predicted molar refractivity (Wildman–Crippen MR) is 90.6 cm³/mol. The van der Waals surface area contributed by atoms with Gasteiger partial charge in [-0.15, -0.1) is 0 Å². The smallest absolute Gasteiger partial charge is 0.220 e. The van der Waals surface area contributed by atoms with Crippen LogP contribution in [0.3, 0.4) is 0 Å². The summed E-state index contributed by atoms with van der Waals surface area (Å²) in [6, 6.07) is 2.61. The number of hydrogen-bond donors (Lipinski definition) is 2. The zero-order valence-corrected chi connectivity index (χ0v) is 14.0. The summed E-state index contributed by atoms with van der Waals surface area (Å²) in [5.41, 5.74) is 11.1. The second kappa shape index (κ2) is 5.64. The normalized spacial score (nSPS) is 20.8. The van der Waals surface area contributed by atoms with E-state index >= 15 is 0 Å². The Morgan fingerprint density at radius 2 is 1.82 bits per heavy atom. The first-order valence-corrected chi connectivity index (χ1v) is 8.16. The van der Waals surface area contributed by atoms with Crippen molar-refractivity contribution in [2.75, 3.05) is 4.90 Å². The molecule has 3 rings (SSSR count). The van der Waals surface area contributed by atoms with Gasteiger partial charge in [0.05, 0.1) is 5.69 Å². The van der Waals surface area contributed by atoms with E-state index in [1.54, 1.807) is 0 Å². The van der Waals surface area contributed by atoms with Crippen LogP contribution in [-0.4, -0.2) is 17.6 Å². The van der Waals surface area contributed by atoms with Crippen LogP contribution in [0, 0.1) is 15.2 Å². The minimum atomic E-state index is -0.939. The molecule has 4 N–H and O–H groups in total. The Labute approximate surface area is 140 Å². The summed E-state index contributed by atoms with van der Waals surface area (Å²) in [7, 11) is 0. The van der Waals surface area contributed by atoms with Crippen molar-refractivity contribution in [3.05, 3.63) is 27.3 Å². The fourth-order valence-electron chi connectivity index (χ4n) is 3.17. The van der Waals surface area contributed by atoms with Gasteiger partial charge in [0.1, 0.15) is 5.66 Å². The van der Waals surface area contributed by atoms with E-state index in [1.165, 1.54) is 11.0 Å². The van der Waals surface area contributed by atoms with Crippen LogP contribution in [0.2, 0.25) is 0 Å². The molecule has 118 valence electrons. The summed E-state index contributed by atoms with van der Waals surface area (Å²) in [6.45, 7) is 0. The summed E-state index contributed by atoms with van der Waals surface area (Å²) in [5, 5.41) is 0. The Bertz CT molecular complexity index is 667. The lowest BCUT2D eigenvalue weighted by Crippen LogP contribution is -2.58. The van der Waals surface area contributed by atoms with Gasteiger partial charge in [-0.05, 0) is 60.4 Å². The molecular weight excluding hydrogens is 403 g/mol. The molecule has 0 saturated heterocycles. The van der Waals surface area contributed by atoms with E-state index < -0.39 is 17.3 Å². The molecule has 0 radical (unpaired) electrons. The zero-order chi connectivity index (χ0) is 15.9. The van der Waals surface area contributed by atoms with E-state index in [0.29, 0.717) is 16.4 Å². The van der Waals surface area contributed by atoms with E-state index in [4.69, 9.17) is 11.5 Å². The fourth-order valence-corrected chi connectivity index (χ4v) is 3.82. The molecule has 1 aromatic carbocycles. The molecule has 22 heavy (non-hydrogen) atoms. The first-order chi connectivity index (χ1) is 10.4. The number of aliphatic imine (C=N–C) groups is 2. The molecule has 0 atom stereocenters. The first kappa shape index (κ1) is 15.4. The van der Waals surface area contributed by atoms with Crippen molar-refractivity contribution < 1.29 is 8.78 Å². The van der Waals surface area contributed by atoms with E-state index in [-0.39, 0.29) is 17.6 Å². The van der Waals surface area contributed by atoms with Gasteiger partial charge in [-0.1, -0.05) is 6.42 Å². The summed E-state index contributed by atoms with van der Waals surface area (Å²) in [5.74, 6) is -1.72. The van der Waals surface area contributed by atoms with Crippen LogP contribution in [0.5, 0.6) is 0 Å². The highest BCUT2D eigenvalue weighted by Gasteiger charge is 2.44. The molecule has 8 heteroatoms. The highest BCUT2D eigenvalue weighted by atomic mass is 127. The summed E-state index contributed by atoms with van der Waals surface area (Å²) < 4.78 is 28.7. The minimum absolute atomic E-state index is 0.0526. The lowest BCUT2D eigenvalue weighted by molar-refractivity contribution is 0.303. The number of nitrogens with zero attached hydrogens (tertiary/aromatic N) is 3. The van der Waals surface area contributed by atoms with Crippen LogP contribution in [-0.2, 0) is 0 Å². The van der Waals surface area contributed by atoms with Gasteiger partial charge in [0.15, 0.2) is 11.6 Å². The average Bonchev–Trinajstić information content (AvgIpc) is 2.47. The molecule has 0 unspecified atom stereocenters. The van der Waals surface area contributed by atoms with Gasteiger partial charge in [-0.25, -0.2) is 13.8 Å². The number of guanidine groups is 2. The van der Waals surface area contributed by atoms with Crippen LogP contribution in [0.1, 0.15) is 32.1 Å². The number of nitrogens with two attached hydrogens (primary N) is 2. The van der Waals surface area contributed by atoms with E-state index in [1.807, 2.05) is 22.6 Å². The third-order valence-corrected chi connectivity index (χ3v) is 4.97. The zero-order valence-electron chi connectivity index (χ0n) is 11.8. The second-order valence-corrected chi connectivity index (χ2v) is 6.67. The van der Waals surface area contributed by atoms with Crippen molar-refractivity contribution in [1.82, 2.24) is 0 Å². The molecular formula is C14H16F2IN5. The number of rotatable bonds is 1. The lowest BCUT2D eigenvalue weighted by Gasteiger charge is -2.45. The molecule has 1 fully saturated rings. The molecule has 5 nitrogen and oxygen atoms in total. The van der Waals surface area contributed by atoms with Crippen molar-refractivity contribution in [3.63, 3.8) is 0 Å². The van der Waals surface area contributed by atoms with E-state index in [0.717, 1.165) is 25.3 Å². The fraction of sp³-hybridized carbons (Fsp3) is 0.429. The Morgan fingerprint density at radius 3 is 2.50 bits per heavy atom. The topological polar surface area (TPSA) is 80.0 Å². The number of hydrogen-bond acceptors (Lipinski definition) is 5. The van der Waals surface area contributed by atoms with Gasteiger partial charge >= 0.3 is 0 Å². The van der Waals surface area contributed by atoms with Crippen LogP contribution < -0.4 is 16.4 Å². The largest absolute Gasteiger partial charge is 0.369 e. The standard InChI is InChI=1S/C14H16F2IN5/c15-8-4-5-9(17)11(10(8)16)22-13(19)20-12(18)21-14(22)6-2-1-3-7-14/h4-5H,1-3,6-7H2,(H4,18,19,20,21). The van der Waals surface area contributed by atoms with Gasteiger partial charge in [-0.3, -0.25) is 4.90 Å². The number of halogens is 3. The Balaban J connectivity index is 2.19. The van der Waals surface area contributed by atoms with Crippen LogP contribution >= 0.6 is 22.6 Å². The maximum absolute atomic E-state index is 14.4. The van der Waals surface area contributed by atoms with Crippen molar-refractivity contribution >= 4 is 40.2 Å². The van der Waals surface area contributed by atoms with Gasteiger partial charge in [0, 0.05) is 3.57 Å². The molecule has 0 bridgehead atoms. The molecule has 2 aliphatic rings. The Hall–Kier alpha value is -1.45. The predicted octanol–water partition coefficient (Wildman–Crippen LogP) is 2.68. The van der Waals surface area contributed by atoms with Gasteiger partial charge in [-0.2, -0.15) is 4.99 Å². The maximum Gasteiger partial charge on any atom is 0.220 e. The van der Waals surface area contributed by atoms with Crippen LogP contribution in [0.4, 0.5) is 14.5 Å². The number of anilines is 1. The number of benzene rings is 1. The van der Waals surface area contributed by atoms with Gasteiger partial charge < -0.3 is 11.5 Å². The minimum Gasteiger partial charge on any atom is -0.369 e. The SMILES string of the molecule is NC1=NC2(CCCCC2)N(c2c(I)ccc(F)c2F)C(N)=N1. The molecule has 1 spiro atoms. The summed E-state index contributed by atoms with van der Waals surface area (Å²) >= 11 is 1.96. The van der Waals surface area contributed by atoms with Crippen molar-refractivity contribution in [1.29, 1.82) is 0 Å². The lowest BCUT2D eigenvalue weighted by atomic mass is 9.87. The molecule has 1 aliphatic heterocycles. The molecule has 1 aliphatic carbocycles. The molecule has 1 heterocycles. The highest BCUT2D eigenvalue weighted by molar-refractivity contribution is 14.1. The summed E-state index contributed by atoms with van der Waals surface area (Å²) in [4.78, 5) is 9.93. The maximum atomic E-state index is 14.4. The highest BCUT2D eigenvalue weighted by Crippen LogP contribution is 2.42. The third kappa shape index (κ3) is 2.42. The Morgan fingerprint density at radius 1 is 1.14 bits per heavy atom. The van der Waals surface area contributed by atoms with E-state index in [9.17, 15) is 8.78 Å². The third-order valence-electron chi connectivity index (χ3n) is 4.09.